The molecule has 0 aliphatic rings. The molecule has 0 aliphatic carbocycles. The van der Waals surface area contributed by atoms with E-state index in [4.69, 9.17) is 4.74 Å². The van der Waals surface area contributed by atoms with Gasteiger partial charge in [-0.15, -0.1) is 0 Å². The van der Waals surface area contributed by atoms with Crippen molar-refractivity contribution in [3.63, 3.8) is 0 Å². The number of aromatic nitrogens is 2. The average Bonchev–Trinajstić information content (AvgIpc) is 3.33. The van der Waals surface area contributed by atoms with E-state index in [-0.39, 0.29) is 27.7 Å². The standard InChI is InChI=1S/C24H21N7O7S2/c1-29-12-11-25-24(29)39-23-10-7-16(13-21(23)31(34)35)15-26-27-18-9-8-17(14-20(18)30(32)33)40(36,37)28-19-5-3-4-6-22(19)38-2/h3-15,27-28H,1-2H3/b26-15-. The zero-order valence-corrected chi connectivity index (χ0v) is 22.5. The van der Waals surface area contributed by atoms with Crippen molar-refractivity contribution in [1.29, 1.82) is 0 Å². The van der Waals surface area contributed by atoms with Crippen LogP contribution in [-0.2, 0) is 17.1 Å². The summed E-state index contributed by atoms with van der Waals surface area (Å²) in [6.45, 7) is 0. The first-order valence-corrected chi connectivity index (χ1v) is 13.6. The lowest BCUT2D eigenvalue weighted by atomic mass is 10.2. The summed E-state index contributed by atoms with van der Waals surface area (Å²) in [6.07, 6.45) is 4.55. The third-order valence-corrected chi connectivity index (χ3v) is 7.89. The first-order valence-electron chi connectivity index (χ1n) is 11.3. The Morgan fingerprint density at radius 1 is 1.02 bits per heavy atom. The maximum Gasteiger partial charge on any atom is 0.295 e. The van der Waals surface area contributed by atoms with Gasteiger partial charge in [0, 0.05) is 37.1 Å². The molecule has 0 saturated carbocycles. The molecule has 3 aromatic carbocycles. The van der Waals surface area contributed by atoms with Gasteiger partial charge in [0.1, 0.15) is 11.4 Å². The molecule has 0 bridgehead atoms. The molecule has 1 aromatic heterocycles. The fourth-order valence-electron chi connectivity index (χ4n) is 3.43. The highest BCUT2D eigenvalue weighted by Gasteiger charge is 2.23. The molecule has 4 aromatic rings. The first-order chi connectivity index (χ1) is 19.1. The van der Waals surface area contributed by atoms with Crippen LogP contribution in [0.1, 0.15) is 5.56 Å². The summed E-state index contributed by atoms with van der Waals surface area (Å²) in [7, 11) is -1.04. The second-order valence-electron chi connectivity index (χ2n) is 8.02. The van der Waals surface area contributed by atoms with E-state index in [0.717, 1.165) is 17.8 Å². The van der Waals surface area contributed by atoms with Crippen LogP contribution in [0, 0.1) is 20.2 Å². The van der Waals surface area contributed by atoms with Crippen LogP contribution in [0.15, 0.2) is 93.1 Å². The van der Waals surface area contributed by atoms with Crippen molar-refractivity contribution >= 4 is 50.7 Å². The molecular weight excluding hydrogens is 562 g/mol. The summed E-state index contributed by atoms with van der Waals surface area (Å²) in [5.41, 5.74) is 2.21. The Morgan fingerprint density at radius 3 is 2.45 bits per heavy atom. The largest absolute Gasteiger partial charge is 0.495 e. The number of hydrogen-bond acceptors (Lipinski definition) is 11. The minimum Gasteiger partial charge on any atom is -0.495 e. The van der Waals surface area contributed by atoms with Gasteiger partial charge in [0.25, 0.3) is 21.4 Å². The molecule has 16 heteroatoms. The maximum absolute atomic E-state index is 12.9. The Hall–Kier alpha value is -4.96. The lowest BCUT2D eigenvalue weighted by Gasteiger charge is -2.12. The van der Waals surface area contributed by atoms with Crippen molar-refractivity contribution in [2.45, 2.75) is 14.9 Å². The number of nitrogens with one attached hydrogen (secondary N) is 2. The van der Waals surface area contributed by atoms with Gasteiger partial charge in [0.15, 0.2) is 5.16 Å². The molecule has 0 unspecified atom stereocenters. The molecule has 0 saturated heterocycles. The third kappa shape index (κ3) is 6.36. The third-order valence-electron chi connectivity index (χ3n) is 5.38. The number of imidazole rings is 1. The number of para-hydroxylation sites is 2. The average molecular weight is 584 g/mol. The van der Waals surface area contributed by atoms with E-state index in [2.05, 4.69) is 20.2 Å². The Balaban J connectivity index is 1.54. The fourth-order valence-corrected chi connectivity index (χ4v) is 5.40. The number of rotatable bonds is 11. The summed E-state index contributed by atoms with van der Waals surface area (Å²) in [4.78, 5) is 26.2. The molecule has 2 N–H and O–H groups in total. The molecule has 0 radical (unpaired) electrons. The zero-order chi connectivity index (χ0) is 28.9. The number of methoxy groups -OCH3 is 1. The van der Waals surface area contributed by atoms with E-state index in [1.807, 2.05) is 0 Å². The van der Waals surface area contributed by atoms with Gasteiger partial charge in [-0.2, -0.15) is 5.10 Å². The fraction of sp³-hybridized carbons (Fsp3) is 0.0833. The monoisotopic (exact) mass is 583 g/mol. The highest BCUT2D eigenvalue weighted by atomic mass is 32.2. The zero-order valence-electron chi connectivity index (χ0n) is 20.9. The first kappa shape index (κ1) is 28.1. The Kier molecular flexibility index (Phi) is 8.30. The minimum atomic E-state index is -4.19. The van der Waals surface area contributed by atoms with Gasteiger partial charge in [-0.05, 0) is 42.1 Å². The van der Waals surface area contributed by atoms with Crippen molar-refractivity contribution in [2.75, 3.05) is 17.3 Å². The molecule has 206 valence electrons. The predicted molar refractivity (Wildman–Crippen MR) is 149 cm³/mol. The number of ether oxygens (including phenoxy) is 1. The van der Waals surface area contributed by atoms with Gasteiger partial charge in [-0.1, -0.05) is 18.2 Å². The summed E-state index contributed by atoms with van der Waals surface area (Å²) in [5.74, 6) is 0.275. The summed E-state index contributed by atoms with van der Waals surface area (Å²) in [5, 5.41) is 27.9. The lowest BCUT2D eigenvalue weighted by molar-refractivity contribution is -0.387. The van der Waals surface area contributed by atoms with Crippen LogP contribution in [0.5, 0.6) is 5.75 Å². The van der Waals surface area contributed by atoms with Crippen LogP contribution in [0.25, 0.3) is 0 Å². The smallest absolute Gasteiger partial charge is 0.295 e. The summed E-state index contributed by atoms with van der Waals surface area (Å²) >= 11 is 1.13. The van der Waals surface area contributed by atoms with Gasteiger partial charge in [0.2, 0.25) is 0 Å². The Labute approximate surface area is 232 Å². The number of hydrazone groups is 1. The second-order valence-corrected chi connectivity index (χ2v) is 10.7. The van der Waals surface area contributed by atoms with Gasteiger partial charge in [-0.3, -0.25) is 30.4 Å². The molecule has 0 amide bonds. The molecule has 14 nitrogen and oxygen atoms in total. The maximum atomic E-state index is 12.9. The summed E-state index contributed by atoms with van der Waals surface area (Å²) in [6, 6.07) is 14.0. The minimum absolute atomic E-state index is 0.0889. The van der Waals surface area contributed by atoms with Crippen molar-refractivity contribution < 1.29 is 23.0 Å². The number of aryl methyl sites for hydroxylation is 1. The highest BCUT2D eigenvalue weighted by molar-refractivity contribution is 7.99. The highest BCUT2D eigenvalue weighted by Crippen LogP contribution is 2.34. The van der Waals surface area contributed by atoms with E-state index in [0.29, 0.717) is 15.6 Å². The molecule has 0 atom stereocenters. The molecule has 4 rings (SSSR count). The van der Waals surface area contributed by atoms with Gasteiger partial charge in [0.05, 0.1) is 38.6 Å². The van der Waals surface area contributed by atoms with Crippen molar-refractivity contribution in [2.24, 2.45) is 12.1 Å². The van der Waals surface area contributed by atoms with Crippen LogP contribution in [0.3, 0.4) is 0 Å². The van der Waals surface area contributed by atoms with E-state index < -0.39 is 25.6 Å². The van der Waals surface area contributed by atoms with Crippen LogP contribution < -0.4 is 14.9 Å². The van der Waals surface area contributed by atoms with E-state index in [1.165, 1.54) is 37.6 Å². The SMILES string of the molecule is COc1ccccc1NS(=O)(=O)c1ccc(N/N=C\c2ccc(Sc3nccn3C)c([N+](=O)[O-])c2)c([N+](=O)[O-])c1. The normalized spacial score (nSPS) is 11.3. The van der Waals surface area contributed by atoms with Gasteiger partial charge in [-0.25, -0.2) is 13.4 Å². The van der Waals surface area contributed by atoms with Crippen LogP contribution in [0.4, 0.5) is 22.7 Å². The molecule has 1 heterocycles. The number of nitro groups is 2. The van der Waals surface area contributed by atoms with Crippen molar-refractivity contribution in [3.05, 3.63) is 98.8 Å². The van der Waals surface area contributed by atoms with Gasteiger partial charge >= 0.3 is 0 Å². The number of hydrogen-bond donors (Lipinski definition) is 2. The summed E-state index contributed by atoms with van der Waals surface area (Å²) < 4.78 is 35.0. The van der Waals surface area contributed by atoms with Crippen LogP contribution >= 0.6 is 11.8 Å². The number of nitrogens with zero attached hydrogens (tertiary/aromatic N) is 5. The quantitative estimate of drug-likeness (QED) is 0.143. The predicted octanol–water partition coefficient (Wildman–Crippen LogP) is 4.64. The molecule has 40 heavy (non-hydrogen) atoms. The lowest BCUT2D eigenvalue weighted by Crippen LogP contribution is -2.14. The Bertz CT molecular complexity index is 1720. The van der Waals surface area contributed by atoms with Crippen LogP contribution in [0.2, 0.25) is 0 Å². The number of benzene rings is 3. The van der Waals surface area contributed by atoms with E-state index >= 15 is 0 Å². The number of sulfonamides is 1. The molecule has 0 spiro atoms. The molecule has 0 aliphatic heterocycles. The Morgan fingerprint density at radius 2 is 1.77 bits per heavy atom. The van der Waals surface area contributed by atoms with Gasteiger partial charge < -0.3 is 9.30 Å². The van der Waals surface area contributed by atoms with Crippen molar-refractivity contribution in [3.8, 4) is 5.75 Å². The van der Waals surface area contributed by atoms with E-state index in [9.17, 15) is 28.6 Å². The molecule has 0 fully saturated rings. The number of anilines is 2. The molecular formula is C24H21N7O7S2. The van der Waals surface area contributed by atoms with E-state index in [1.54, 1.807) is 54.3 Å². The number of nitro benzene ring substituents is 2. The van der Waals surface area contributed by atoms with Crippen molar-refractivity contribution in [1.82, 2.24) is 9.55 Å². The topological polar surface area (TPSA) is 184 Å². The van der Waals surface area contributed by atoms with Crippen LogP contribution in [-0.4, -0.2) is 41.1 Å². The second kappa shape index (κ2) is 11.8.